The van der Waals surface area contributed by atoms with E-state index in [-0.39, 0.29) is 5.56 Å². The number of nitro benzene ring substituents is 1. The number of nitro groups is 1. The fourth-order valence-electron chi connectivity index (χ4n) is 1.85. The molecule has 0 unspecified atom stereocenters. The molecule has 0 atom stereocenters. The maximum Gasteiger partial charge on any atom is 0.417 e. The minimum atomic E-state index is -4.62. The van der Waals surface area contributed by atoms with Crippen LogP contribution < -0.4 is 4.83 Å². The molecule has 0 heterocycles. The van der Waals surface area contributed by atoms with Gasteiger partial charge in [-0.25, -0.2) is 4.83 Å². The molecule has 0 aromatic heterocycles. The lowest BCUT2D eigenvalue weighted by molar-refractivity contribution is -0.385. The third kappa shape index (κ3) is 4.53. The molecule has 0 amide bonds. The smallest absolute Gasteiger partial charge is 0.258 e. The number of rotatable bonds is 5. The van der Waals surface area contributed by atoms with Crippen LogP contribution >= 0.6 is 0 Å². The largest absolute Gasteiger partial charge is 0.417 e. The number of hydrogen-bond donors (Lipinski definition) is 1. The average Bonchev–Trinajstić information content (AvgIpc) is 2.54. The standard InChI is InChI=1S/C14H10F3N3O4S/c15-14(16,17)13-7-2-1-4-10(13)9-18-19-25(23,24)12-6-3-5-11(8-12)20(21)22/h1-9,19H. The molecule has 2 aromatic rings. The molecule has 1 N–H and O–H groups in total. The van der Waals surface area contributed by atoms with E-state index in [4.69, 9.17) is 0 Å². The van der Waals surface area contributed by atoms with Crippen molar-refractivity contribution < 1.29 is 26.5 Å². The number of sulfonamides is 1. The second-order valence-corrected chi connectivity index (χ2v) is 6.35. The molecule has 0 spiro atoms. The molecular formula is C14H10F3N3O4S. The highest BCUT2D eigenvalue weighted by Gasteiger charge is 2.32. The Morgan fingerprint density at radius 3 is 2.44 bits per heavy atom. The summed E-state index contributed by atoms with van der Waals surface area (Å²) < 4.78 is 62.5. The van der Waals surface area contributed by atoms with Crippen LogP contribution in [0.2, 0.25) is 0 Å². The van der Waals surface area contributed by atoms with Crippen LogP contribution in [0, 0.1) is 10.1 Å². The Morgan fingerprint density at radius 1 is 1.12 bits per heavy atom. The minimum Gasteiger partial charge on any atom is -0.258 e. The third-order valence-corrected chi connectivity index (χ3v) is 4.20. The van der Waals surface area contributed by atoms with Gasteiger partial charge in [0.1, 0.15) is 0 Å². The van der Waals surface area contributed by atoms with Crippen molar-refractivity contribution in [2.45, 2.75) is 11.1 Å². The summed E-state index contributed by atoms with van der Waals surface area (Å²) >= 11 is 0. The van der Waals surface area contributed by atoms with Crippen LogP contribution in [0.1, 0.15) is 11.1 Å². The van der Waals surface area contributed by atoms with Gasteiger partial charge in [0.2, 0.25) is 0 Å². The molecule has 25 heavy (non-hydrogen) atoms. The lowest BCUT2D eigenvalue weighted by Crippen LogP contribution is -2.19. The lowest BCUT2D eigenvalue weighted by atomic mass is 10.1. The molecule has 0 fully saturated rings. The van der Waals surface area contributed by atoms with E-state index in [9.17, 15) is 31.7 Å². The Hall–Kier alpha value is -2.95. The number of nitrogens with one attached hydrogen (secondary N) is 1. The number of hydrogen-bond acceptors (Lipinski definition) is 5. The summed E-state index contributed by atoms with van der Waals surface area (Å²) in [7, 11) is -4.27. The quantitative estimate of drug-likeness (QED) is 0.495. The van der Waals surface area contributed by atoms with Crippen LogP contribution in [0.3, 0.4) is 0 Å². The van der Waals surface area contributed by atoms with Crippen LogP contribution in [-0.4, -0.2) is 19.6 Å². The fourth-order valence-corrected chi connectivity index (χ4v) is 2.68. The van der Waals surface area contributed by atoms with Gasteiger partial charge in [0.05, 0.1) is 21.6 Å². The lowest BCUT2D eigenvalue weighted by Gasteiger charge is -2.09. The first-order chi connectivity index (χ1) is 11.6. The minimum absolute atomic E-state index is 0.336. The summed E-state index contributed by atoms with van der Waals surface area (Å²) in [6.45, 7) is 0. The van der Waals surface area contributed by atoms with Crippen molar-refractivity contribution in [3.05, 3.63) is 69.8 Å². The van der Waals surface area contributed by atoms with E-state index in [1.54, 1.807) is 4.83 Å². The van der Waals surface area contributed by atoms with Crippen molar-refractivity contribution in [1.82, 2.24) is 4.83 Å². The van der Waals surface area contributed by atoms with Crippen molar-refractivity contribution in [2.75, 3.05) is 0 Å². The van der Waals surface area contributed by atoms with E-state index < -0.39 is 37.3 Å². The normalized spacial score (nSPS) is 12.3. The van der Waals surface area contributed by atoms with Crippen LogP contribution in [0.5, 0.6) is 0 Å². The Labute approximate surface area is 140 Å². The van der Waals surface area contributed by atoms with Crippen LogP contribution in [0.15, 0.2) is 58.5 Å². The van der Waals surface area contributed by atoms with Crippen LogP contribution in [-0.2, 0) is 16.2 Å². The van der Waals surface area contributed by atoms with Crippen molar-refractivity contribution in [3.63, 3.8) is 0 Å². The SMILES string of the molecule is O=[N+]([O-])c1cccc(S(=O)(=O)NN=Cc2ccccc2C(F)(F)F)c1. The Kier molecular flexibility index (Phi) is 5.07. The van der Waals surface area contributed by atoms with E-state index in [1.165, 1.54) is 12.1 Å². The zero-order valence-electron chi connectivity index (χ0n) is 12.3. The van der Waals surface area contributed by atoms with Crippen molar-refractivity contribution in [3.8, 4) is 0 Å². The number of non-ortho nitro benzene ring substituents is 1. The van der Waals surface area contributed by atoms with Gasteiger partial charge in [-0.15, -0.1) is 0 Å². The Bertz CT molecular complexity index is 927. The summed E-state index contributed by atoms with van der Waals surface area (Å²) in [5.41, 5.74) is -1.76. The van der Waals surface area contributed by atoms with E-state index in [2.05, 4.69) is 5.10 Å². The molecule has 0 saturated heterocycles. The molecular weight excluding hydrogens is 363 g/mol. The van der Waals surface area contributed by atoms with Gasteiger partial charge in [-0.3, -0.25) is 10.1 Å². The monoisotopic (exact) mass is 373 g/mol. The molecule has 0 saturated carbocycles. The van der Waals surface area contributed by atoms with E-state index in [1.807, 2.05) is 0 Å². The molecule has 0 aliphatic rings. The number of alkyl halides is 3. The first-order valence-electron chi connectivity index (χ1n) is 6.57. The van der Waals surface area contributed by atoms with E-state index >= 15 is 0 Å². The number of nitrogens with zero attached hydrogens (tertiary/aromatic N) is 2. The highest BCUT2D eigenvalue weighted by Crippen LogP contribution is 2.31. The van der Waals surface area contributed by atoms with E-state index in [0.29, 0.717) is 6.21 Å². The van der Waals surface area contributed by atoms with Crippen molar-refractivity contribution in [1.29, 1.82) is 0 Å². The highest BCUT2D eigenvalue weighted by atomic mass is 32.2. The summed E-state index contributed by atoms with van der Waals surface area (Å²) in [5.74, 6) is 0. The third-order valence-electron chi connectivity index (χ3n) is 2.98. The van der Waals surface area contributed by atoms with Crippen LogP contribution in [0.25, 0.3) is 0 Å². The average molecular weight is 373 g/mol. The summed E-state index contributed by atoms with van der Waals surface area (Å²) in [6, 6.07) is 8.64. The predicted molar refractivity (Wildman–Crippen MR) is 82.5 cm³/mol. The fraction of sp³-hybridized carbons (Fsp3) is 0.0714. The van der Waals surface area contributed by atoms with Gasteiger partial charge in [0.25, 0.3) is 15.7 Å². The second kappa shape index (κ2) is 6.89. The topological polar surface area (TPSA) is 102 Å². The van der Waals surface area contributed by atoms with Gasteiger partial charge >= 0.3 is 6.18 Å². The summed E-state index contributed by atoms with van der Waals surface area (Å²) in [6.07, 6.45) is -3.92. The molecule has 11 heteroatoms. The number of halogens is 3. The van der Waals surface area contributed by atoms with Gasteiger partial charge in [-0.05, 0) is 12.1 Å². The molecule has 0 radical (unpaired) electrons. The summed E-state index contributed by atoms with van der Waals surface area (Å²) in [5, 5.41) is 14.0. The number of benzene rings is 2. The van der Waals surface area contributed by atoms with Crippen LogP contribution in [0.4, 0.5) is 18.9 Å². The van der Waals surface area contributed by atoms with Gasteiger partial charge < -0.3 is 0 Å². The van der Waals surface area contributed by atoms with Gasteiger partial charge in [-0.1, -0.05) is 24.3 Å². The van der Waals surface area contributed by atoms with Gasteiger partial charge in [0, 0.05) is 17.7 Å². The molecule has 0 bridgehead atoms. The van der Waals surface area contributed by atoms with Gasteiger partial charge in [0.15, 0.2) is 0 Å². The molecule has 132 valence electrons. The zero-order valence-corrected chi connectivity index (χ0v) is 13.1. The van der Waals surface area contributed by atoms with Crippen molar-refractivity contribution in [2.24, 2.45) is 5.10 Å². The first kappa shape index (κ1) is 18.4. The van der Waals surface area contributed by atoms with Crippen molar-refractivity contribution >= 4 is 21.9 Å². The summed E-state index contributed by atoms with van der Waals surface area (Å²) in [4.78, 5) is 11.2. The second-order valence-electron chi connectivity index (χ2n) is 4.69. The maximum absolute atomic E-state index is 12.8. The molecule has 7 nitrogen and oxygen atoms in total. The Balaban J connectivity index is 2.25. The maximum atomic E-state index is 12.8. The number of hydrazone groups is 1. The van der Waals surface area contributed by atoms with Gasteiger partial charge in [-0.2, -0.15) is 26.7 Å². The molecule has 0 aliphatic heterocycles. The first-order valence-corrected chi connectivity index (χ1v) is 8.05. The molecule has 2 rings (SSSR count). The predicted octanol–water partition coefficient (Wildman–Crippen LogP) is 2.93. The Morgan fingerprint density at radius 2 is 1.80 bits per heavy atom. The van der Waals surface area contributed by atoms with E-state index in [0.717, 1.165) is 36.4 Å². The zero-order chi connectivity index (χ0) is 18.7. The molecule has 2 aromatic carbocycles. The highest BCUT2D eigenvalue weighted by molar-refractivity contribution is 7.89. The molecule has 0 aliphatic carbocycles.